The van der Waals surface area contributed by atoms with Gasteiger partial charge in [0.05, 0.1) is 5.56 Å². The molecule has 27 heavy (non-hydrogen) atoms. The van der Waals surface area contributed by atoms with E-state index in [0.717, 1.165) is 23.7 Å². The van der Waals surface area contributed by atoms with Gasteiger partial charge in [0.1, 0.15) is 0 Å². The molecule has 5 heteroatoms. The molecule has 138 valence electrons. The molecule has 0 aliphatic heterocycles. The predicted molar refractivity (Wildman–Crippen MR) is 105 cm³/mol. The summed E-state index contributed by atoms with van der Waals surface area (Å²) in [5, 5.41) is 3.78. The van der Waals surface area contributed by atoms with E-state index in [1.54, 1.807) is 18.2 Å². The summed E-state index contributed by atoms with van der Waals surface area (Å²) in [5.74, 6) is -0.198. The molecule has 0 saturated heterocycles. The number of anilines is 1. The Hall–Kier alpha value is -3.08. The Balaban J connectivity index is 1.45. The molecule has 1 aliphatic carbocycles. The van der Waals surface area contributed by atoms with Gasteiger partial charge in [0.25, 0.3) is 5.91 Å². The first-order valence-corrected chi connectivity index (χ1v) is 9.25. The van der Waals surface area contributed by atoms with Crippen molar-refractivity contribution in [2.24, 2.45) is 5.92 Å². The number of hydrogen-bond acceptors (Lipinski definition) is 3. The number of esters is 1. The van der Waals surface area contributed by atoms with Gasteiger partial charge in [-0.15, -0.1) is 0 Å². The number of rotatable bonds is 4. The summed E-state index contributed by atoms with van der Waals surface area (Å²) in [6.45, 7) is 1.94. The van der Waals surface area contributed by atoms with Gasteiger partial charge in [-0.3, -0.25) is 4.79 Å². The van der Waals surface area contributed by atoms with Crippen molar-refractivity contribution in [3.05, 3.63) is 65.4 Å². The van der Waals surface area contributed by atoms with E-state index in [2.05, 4.69) is 17.2 Å². The number of hydrogen-bond donors (Lipinski definition) is 2. The van der Waals surface area contributed by atoms with Gasteiger partial charge in [0, 0.05) is 22.3 Å². The molecule has 1 atom stereocenters. The second-order valence-corrected chi connectivity index (χ2v) is 7.18. The molecule has 1 aliphatic rings. The second-order valence-electron chi connectivity index (χ2n) is 7.18. The maximum absolute atomic E-state index is 12.4. The Kier molecular flexibility index (Phi) is 4.67. The molecule has 0 saturated carbocycles. The number of aromatic nitrogens is 1. The number of fused-ring (bicyclic) bond motifs is 3. The van der Waals surface area contributed by atoms with Gasteiger partial charge in [-0.05, 0) is 61.1 Å². The van der Waals surface area contributed by atoms with Crippen molar-refractivity contribution in [3.8, 4) is 0 Å². The lowest BCUT2D eigenvalue weighted by molar-refractivity contribution is -0.119. The maximum atomic E-state index is 12.4. The number of benzene rings is 2. The average Bonchev–Trinajstić information content (AvgIpc) is 3.04. The Morgan fingerprint density at radius 1 is 1.19 bits per heavy atom. The summed E-state index contributed by atoms with van der Waals surface area (Å²) in [6.07, 6.45) is 3.25. The Bertz CT molecular complexity index is 991. The van der Waals surface area contributed by atoms with Crippen molar-refractivity contribution < 1.29 is 14.3 Å². The number of amides is 1. The van der Waals surface area contributed by atoms with Crippen LogP contribution in [0.25, 0.3) is 10.9 Å². The van der Waals surface area contributed by atoms with Crippen LogP contribution in [0.4, 0.5) is 5.69 Å². The standard InChI is InChI=1S/C22H22N2O3/c1-14-7-9-19-17(11-14)18-12-15(8-10-20(18)24-19)22(26)27-13-21(25)23-16-5-3-2-4-6-16/h2-6,8,10,12,14,24H,7,9,11,13H2,1H3,(H,23,25)/t14-/m0/s1. The third-order valence-corrected chi connectivity index (χ3v) is 5.06. The summed E-state index contributed by atoms with van der Waals surface area (Å²) in [6, 6.07) is 14.6. The quantitative estimate of drug-likeness (QED) is 0.687. The lowest BCUT2D eigenvalue weighted by atomic mass is 9.87. The minimum absolute atomic E-state index is 0.311. The highest BCUT2D eigenvalue weighted by Crippen LogP contribution is 2.32. The number of ether oxygens (including phenoxy) is 1. The lowest BCUT2D eigenvalue weighted by Gasteiger charge is -2.18. The van der Waals surface area contributed by atoms with Crippen LogP contribution in [0.2, 0.25) is 0 Å². The van der Waals surface area contributed by atoms with Crippen molar-refractivity contribution in [1.82, 2.24) is 4.98 Å². The Morgan fingerprint density at radius 2 is 2.00 bits per heavy atom. The van der Waals surface area contributed by atoms with E-state index in [-0.39, 0.29) is 12.5 Å². The summed E-state index contributed by atoms with van der Waals surface area (Å²) in [5.41, 5.74) is 4.77. The molecule has 3 aromatic rings. The minimum Gasteiger partial charge on any atom is -0.452 e. The molecular weight excluding hydrogens is 340 g/mol. The number of aryl methyl sites for hydroxylation is 1. The summed E-state index contributed by atoms with van der Waals surface area (Å²) in [4.78, 5) is 27.8. The van der Waals surface area contributed by atoms with Crippen molar-refractivity contribution in [1.29, 1.82) is 0 Å². The summed E-state index contributed by atoms with van der Waals surface area (Å²) < 4.78 is 5.19. The molecular formula is C22H22N2O3. The Morgan fingerprint density at radius 3 is 2.81 bits per heavy atom. The van der Waals surface area contributed by atoms with Crippen LogP contribution in [0.15, 0.2) is 48.5 Å². The zero-order chi connectivity index (χ0) is 18.8. The number of H-pyrrole nitrogens is 1. The first-order chi connectivity index (χ1) is 13.1. The second kappa shape index (κ2) is 7.27. The highest BCUT2D eigenvalue weighted by Gasteiger charge is 2.21. The molecule has 1 amide bonds. The molecule has 5 nitrogen and oxygen atoms in total. The molecule has 0 unspecified atom stereocenters. The zero-order valence-electron chi connectivity index (χ0n) is 15.2. The molecule has 2 aromatic carbocycles. The molecule has 0 bridgehead atoms. The molecule has 0 fully saturated rings. The summed E-state index contributed by atoms with van der Waals surface area (Å²) >= 11 is 0. The number of carbonyl (C=O) groups is 2. The van der Waals surface area contributed by atoms with E-state index >= 15 is 0 Å². The van der Waals surface area contributed by atoms with E-state index in [9.17, 15) is 9.59 Å². The summed E-state index contributed by atoms with van der Waals surface area (Å²) in [7, 11) is 0. The van der Waals surface area contributed by atoms with Crippen LogP contribution in [0.1, 0.15) is 35.0 Å². The van der Waals surface area contributed by atoms with Crippen molar-refractivity contribution in [3.63, 3.8) is 0 Å². The molecule has 4 rings (SSSR count). The third-order valence-electron chi connectivity index (χ3n) is 5.06. The normalized spacial score (nSPS) is 16.0. The van der Waals surface area contributed by atoms with Crippen LogP contribution in [-0.2, 0) is 22.4 Å². The van der Waals surface area contributed by atoms with Gasteiger partial charge in [-0.2, -0.15) is 0 Å². The highest BCUT2D eigenvalue weighted by molar-refractivity contribution is 5.98. The van der Waals surface area contributed by atoms with Crippen LogP contribution < -0.4 is 5.32 Å². The van der Waals surface area contributed by atoms with Gasteiger partial charge in [0.15, 0.2) is 6.61 Å². The van der Waals surface area contributed by atoms with Crippen molar-refractivity contribution in [2.45, 2.75) is 26.2 Å². The number of nitrogens with one attached hydrogen (secondary N) is 2. The van der Waals surface area contributed by atoms with Crippen LogP contribution in [-0.4, -0.2) is 23.5 Å². The number of aromatic amines is 1. The largest absolute Gasteiger partial charge is 0.452 e. The van der Waals surface area contributed by atoms with E-state index < -0.39 is 5.97 Å². The van der Waals surface area contributed by atoms with E-state index in [1.165, 1.54) is 17.7 Å². The predicted octanol–water partition coefficient (Wildman–Crippen LogP) is 4.09. The SMILES string of the molecule is C[C@H]1CCc2[nH]c3ccc(C(=O)OCC(=O)Nc4ccccc4)cc3c2C1. The topological polar surface area (TPSA) is 71.2 Å². The smallest absolute Gasteiger partial charge is 0.338 e. The zero-order valence-corrected chi connectivity index (χ0v) is 15.2. The fourth-order valence-corrected chi connectivity index (χ4v) is 3.65. The molecule has 2 N–H and O–H groups in total. The third kappa shape index (κ3) is 3.72. The van der Waals surface area contributed by atoms with Crippen LogP contribution in [0, 0.1) is 5.92 Å². The first-order valence-electron chi connectivity index (χ1n) is 9.25. The fourth-order valence-electron chi connectivity index (χ4n) is 3.65. The van der Waals surface area contributed by atoms with Gasteiger partial charge in [-0.25, -0.2) is 4.79 Å². The lowest BCUT2D eigenvalue weighted by Crippen LogP contribution is -2.20. The van der Waals surface area contributed by atoms with Crippen LogP contribution in [0.3, 0.4) is 0 Å². The van der Waals surface area contributed by atoms with Gasteiger partial charge in [0.2, 0.25) is 0 Å². The van der Waals surface area contributed by atoms with Crippen molar-refractivity contribution in [2.75, 3.05) is 11.9 Å². The monoisotopic (exact) mass is 362 g/mol. The van der Waals surface area contributed by atoms with E-state index in [0.29, 0.717) is 17.2 Å². The fraction of sp³-hybridized carbons (Fsp3) is 0.273. The minimum atomic E-state index is -0.487. The average molecular weight is 362 g/mol. The molecule has 0 spiro atoms. The van der Waals surface area contributed by atoms with Gasteiger partial charge < -0.3 is 15.0 Å². The first kappa shape index (κ1) is 17.3. The van der Waals surface area contributed by atoms with Crippen LogP contribution >= 0.6 is 0 Å². The Labute approximate surface area is 157 Å². The van der Waals surface area contributed by atoms with Gasteiger partial charge >= 0.3 is 5.97 Å². The molecule has 1 aromatic heterocycles. The maximum Gasteiger partial charge on any atom is 0.338 e. The number of para-hydroxylation sites is 1. The van der Waals surface area contributed by atoms with Gasteiger partial charge in [-0.1, -0.05) is 25.1 Å². The highest BCUT2D eigenvalue weighted by atomic mass is 16.5. The number of carbonyl (C=O) groups excluding carboxylic acids is 2. The molecule has 0 radical (unpaired) electrons. The molecule has 1 heterocycles. The van der Waals surface area contributed by atoms with E-state index in [1.807, 2.05) is 30.3 Å². The van der Waals surface area contributed by atoms with Crippen molar-refractivity contribution >= 4 is 28.5 Å². The van der Waals surface area contributed by atoms with Crippen LogP contribution in [0.5, 0.6) is 0 Å². The van der Waals surface area contributed by atoms with E-state index in [4.69, 9.17) is 4.74 Å².